The molecule has 0 atom stereocenters. The van der Waals surface area contributed by atoms with Gasteiger partial charge in [-0.25, -0.2) is 4.98 Å². The van der Waals surface area contributed by atoms with Crippen LogP contribution in [0.25, 0.3) is 28.7 Å². The smallest absolute Gasteiger partial charge is 0.266 e. The van der Waals surface area contributed by atoms with Crippen LogP contribution in [0.5, 0.6) is 0 Å². The lowest BCUT2D eigenvalue weighted by molar-refractivity contribution is 0.919. The van der Waals surface area contributed by atoms with Gasteiger partial charge in [-0.05, 0) is 55.0 Å². The topological polar surface area (TPSA) is 71.6 Å². The van der Waals surface area contributed by atoms with E-state index in [-0.39, 0.29) is 5.56 Å². The lowest BCUT2D eigenvalue weighted by Crippen LogP contribution is -2.23. The van der Waals surface area contributed by atoms with Crippen LogP contribution in [0.4, 0.5) is 0 Å². The van der Waals surface area contributed by atoms with Crippen LogP contribution < -0.4 is 5.56 Å². The van der Waals surface area contributed by atoms with Crippen molar-refractivity contribution < 1.29 is 0 Å². The highest BCUT2D eigenvalue weighted by molar-refractivity contribution is 5.80. The van der Waals surface area contributed by atoms with Crippen LogP contribution in [0, 0.1) is 18.3 Å². The van der Waals surface area contributed by atoms with E-state index in [1.54, 1.807) is 41.1 Å². The Labute approximate surface area is 161 Å². The summed E-state index contributed by atoms with van der Waals surface area (Å²) >= 11 is 0. The summed E-state index contributed by atoms with van der Waals surface area (Å²) in [6.45, 7) is 1.86. The molecular formula is C23H16N4O. The number of hydrogen-bond acceptors (Lipinski definition) is 4. The van der Waals surface area contributed by atoms with Crippen LogP contribution in [0.2, 0.25) is 0 Å². The molecule has 5 nitrogen and oxygen atoms in total. The number of hydrogen-bond donors (Lipinski definition) is 0. The maximum absolute atomic E-state index is 13.2. The molecule has 5 heteroatoms. The predicted octanol–water partition coefficient (Wildman–Crippen LogP) is 4.13. The van der Waals surface area contributed by atoms with E-state index >= 15 is 0 Å². The van der Waals surface area contributed by atoms with E-state index in [1.807, 2.05) is 49.4 Å². The number of aromatic nitrogens is 3. The van der Waals surface area contributed by atoms with Gasteiger partial charge in [-0.15, -0.1) is 0 Å². The lowest BCUT2D eigenvalue weighted by atomic mass is 10.1. The molecule has 0 saturated heterocycles. The first-order valence-corrected chi connectivity index (χ1v) is 8.80. The first-order chi connectivity index (χ1) is 13.7. The second-order valence-electron chi connectivity index (χ2n) is 6.27. The molecule has 28 heavy (non-hydrogen) atoms. The average Bonchev–Trinajstić information content (AvgIpc) is 2.73. The van der Waals surface area contributed by atoms with Gasteiger partial charge in [0.15, 0.2) is 0 Å². The summed E-state index contributed by atoms with van der Waals surface area (Å²) in [5.41, 5.74) is 3.20. The summed E-state index contributed by atoms with van der Waals surface area (Å²) in [7, 11) is 0. The molecular weight excluding hydrogens is 348 g/mol. The second-order valence-corrected chi connectivity index (χ2v) is 6.27. The van der Waals surface area contributed by atoms with Crippen molar-refractivity contribution in [2.75, 3.05) is 0 Å². The number of benzene rings is 2. The Hall–Kier alpha value is -4.04. The van der Waals surface area contributed by atoms with E-state index in [9.17, 15) is 10.1 Å². The molecule has 4 aromatic rings. The van der Waals surface area contributed by atoms with Gasteiger partial charge in [0.25, 0.3) is 5.56 Å². The highest BCUT2D eigenvalue weighted by Gasteiger charge is 2.13. The summed E-state index contributed by atoms with van der Waals surface area (Å²) in [5.74, 6) is 0.479. The van der Waals surface area contributed by atoms with E-state index in [0.717, 1.165) is 11.3 Å². The van der Waals surface area contributed by atoms with Crippen LogP contribution in [-0.4, -0.2) is 14.5 Å². The molecule has 0 aliphatic heterocycles. The van der Waals surface area contributed by atoms with Gasteiger partial charge in [-0.2, -0.15) is 5.26 Å². The fourth-order valence-electron chi connectivity index (χ4n) is 3.12. The van der Waals surface area contributed by atoms with Gasteiger partial charge >= 0.3 is 0 Å². The van der Waals surface area contributed by atoms with E-state index in [4.69, 9.17) is 0 Å². The first kappa shape index (κ1) is 17.4. The summed E-state index contributed by atoms with van der Waals surface area (Å²) in [5, 5.41) is 9.85. The zero-order chi connectivity index (χ0) is 19.5. The summed E-state index contributed by atoms with van der Waals surface area (Å²) in [4.78, 5) is 22.2. The molecule has 2 aromatic carbocycles. The number of nitriles is 1. The predicted molar refractivity (Wildman–Crippen MR) is 110 cm³/mol. The molecule has 0 spiro atoms. The van der Waals surface area contributed by atoms with Crippen molar-refractivity contribution >= 4 is 23.1 Å². The van der Waals surface area contributed by atoms with E-state index < -0.39 is 0 Å². The quantitative estimate of drug-likeness (QED) is 0.548. The van der Waals surface area contributed by atoms with Crippen molar-refractivity contribution in [2.24, 2.45) is 0 Å². The SMILES string of the molecule is Cc1ncccc1-n1c(C=Cc2ccccc2C#N)nc2ccccc2c1=O. The Morgan fingerprint density at radius 2 is 1.79 bits per heavy atom. The molecule has 0 radical (unpaired) electrons. The number of pyridine rings is 1. The standard InChI is InChI=1S/C23H16N4O/c1-16-21(11-6-14-25-16)27-22(13-12-17-7-2-3-8-18(17)15-24)26-20-10-5-4-9-19(20)23(27)28/h2-14H,1H3. The molecule has 0 saturated carbocycles. The highest BCUT2D eigenvalue weighted by Crippen LogP contribution is 2.17. The van der Waals surface area contributed by atoms with Gasteiger partial charge in [0.2, 0.25) is 0 Å². The second kappa shape index (κ2) is 7.29. The lowest BCUT2D eigenvalue weighted by Gasteiger charge is -2.13. The molecule has 0 fully saturated rings. The normalized spacial score (nSPS) is 11.0. The van der Waals surface area contributed by atoms with Crippen molar-refractivity contribution in [3.8, 4) is 11.8 Å². The number of rotatable bonds is 3. The van der Waals surface area contributed by atoms with E-state index in [1.165, 1.54) is 0 Å². The summed E-state index contributed by atoms with van der Waals surface area (Å²) < 4.78 is 1.57. The minimum absolute atomic E-state index is 0.157. The van der Waals surface area contributed by atoms with Crippen LogP contribution in [0.15, 0.2) is 71.7 Å². The fraction of sp³-hybridized carbons (Fsp3) is 0.0435. The van der Waals surface area contributed by atoms with Crippen LogP contribution >= 0.6 is 0 Å². The van der Waals surface area contributed by atoms with Crippen LogP contribution in [0.3, 0.4) is 0 Å². The van der Waals surface area contributed by atoms with Gasteiger partial charge in [-0.3, -0.25) is 14.3 Å². The highest BCUT2D eigenvalue weighted by atomic mass is 16.1. The minimum atomic E-state index is -0.157. The molecule has 2 aromatic heterocycles. The van der Waals surface area contributed by atoms with Crippen LogP contribution in [0.1, 0.15) is 22.6 Å². The van der Waals surface area contributed by atoms with E-state index in [2.05, 4.69) is 16.0 Å². The number of fused-ring (bicyclic) bond motifs is 1. The number of nitrogens with zero attached hydrogens (tertiary/aromatic N) is 4. The third kappa shape index (κ3) is 3.08. The zero-order valence-corrected chi connectivity index (χ0v) is 15.2. The molecule has 0 N–H and O–H groups in total. The fourth-order valence-corrected chi connectivity index (χ4v) is 3.12. The molecule has 134 valence electrons. The molecule has 0 bridgehead atoms. The van der Waals surface area contributed by atoms with Crippen molar-refractivity contribution in [1.82, 2.24) is 14.5 Å². The molecule has 4 rings (SSSR count). The molecule has 0 aliphatic carbocycles. The van der Waals surface area contributed by atoms with E-state index in [0.29, 0.717) is 28.0 Å². The Bertz CT molecular complexity index is 1310. The number of aryl methyl sites for hydroxylation is 1. The monoisotopic (exact) mass is 364 g/mol. The molecule has 0 aliphatic rings. The van der Waals surface area contributed by atoms with Gasteiger partial charge in [0.05, 0.1) is 33.9 Å². The first-order valence-electron chi connectivity index (χ1n) is 8.80. The molecule has 2 heterocycles. The Balaban J connectivity index is 1.98. The zero-order valence-electron chi connectivity index (χ0n) is 15.2. The minimum Gasteiger partial charge on any atom is -0.268 e. The van der Waals surface area contributed by atoms with Gasteiger partial charge in [0, 0.05) is 6.20 Å². The Morgan fingerprint density at radius 1 is 1.00 bits per heavy atom. The van der Waals surface area contributed by atoms with Gasteiger partial charge in [-0.1, -0.05) is 30.3 Å². The van der Waals surface area contributed by atoms with Crippen molar-refractivity contribution in [3.05, 3.63) is 99.9 Å². The Morgan fingerprint density at radius 3 is 2.61 bits per heavy atom. The maximum Gasteiger partial charge on any atom is 0.266 e. The molecule has 0 unspecified atom stereocenters. The summed E-state index contributed by atoms with van der Waals surface area (Å²) in [6, 6.07) is 20.4. The summed E-state index contributed by atoms with van der Waals surface area (Å²) in [6.07, 6.45) is 5.25. The third-order valence-corrected chi connectivity index (χ3v) is 4.51. The molecule has 0 amide bonds. The van der Waals surface area contributed by atoms with Crippen molar-refractivity contribution in [3.63, 3.8) is 0 Å². The van der Waals surface area contributed by atoms with Gasteiger partial charge in [0.1, 0.15) is 5.82 Å². The average molecular weight is 364 g/mol. The van der Waals surface area contributed by atoms with Gasteiger partial charge < -0.3 is 0 Å². The maximum atomic E-state index is 13.2. The number of para-hydroxylation sites is 1. The third-order valence-electron chi connectivity index (χ3n) is 4.51. The van der Waals surface area contributed by atoms with Crippen molar-refractivity contribution in [2.45, 2.75) is 6.92 Å². The van der Waals surface area contributed by atoms with Crippen LogP contribution in [-0.2, 0) is 0 Å². The largest absolute Gasteiger partial charge is 0.268 e. The van der Waals surface area contributed by atoms with Crippen molar-refractivity contribution in [1.29, 1.82) is 5.26 Å². The Kier molecular flexibility index (Phi) is 4.53.